The number of rotatable bonds is 5. The normalized spacial score (nSPS) is 9.58. The molecule has 0 aromatic carbocycles. The molecule has 0 atom stereocenters. The van der Waals surface area contributed by atoms with E-state index >= 15 is 0 Å². The smallest absolute Gasteiger partial charge is 0.222 e. The summed E-state index contributed by atoms with van der Waals surface area (Å²) in [4.78, 5) is 23.2. The third kappa shape index (κ3) is 4.85. The molecule has 0 rings (SSSR count). The second-order valence-corrected chi connectivity index (χ2v) is 2.88. The van der Waals surface area contributed by atoms with Gasteiger partial charge in [0.2, 0.25) is 5.91 Å². The monoisotopic (exact) mass is 172 g/mol. The van der Waals surface area contributed by atoms with Gasteiger partial charge in [-0.2, -0.15) is 0 Å². The van der Waals surface area contributed by atoms with Crippen molar-refractivity contribution < 1.29 is 9.59 Å². The summed E-state index contributed by atoms with van der Waals surface area (Å²) < 4.78 is 0. The molecule has 0 heterocycles. The van der Waals surface area contributed by atoms with Crippen LogP contribution in [0.5, 0.6) is 0 Å². The molecule has 0 unspecified atom stereocenters. The number of hydrogen-bond acceptors (Lipinski definition) is 3. The van der Waals surface area contributed by atoms with Crippen LogP contribution in [0.3, 0.4) is 0 Å². The van der Waals surface area contributed by atoms with E-state index in [0.29, 0.717) is 19.3 Å². The molecule has 0 saturated heterocycles. The number of hydrogen-bond donors (Lipinski definition) is 1. The lowest BCUT2D eigenvalue weighted by molar-refractivity contribution is -0.128. The van der Waals surface area contributed by atoms with Crippen molar-refractivity contribution >= 4 is 11.7 Å². The summed E-state index contributed by atoms with van der Waals surface area (Å²) in [5.41, 5.74) is 5.10. The minimum Gasteiger partial charge on any atom is -0.349 e. The van der Waals surface area contributed by atoms with Gasteiger partial charge < -0.3 is 10.6 Å². The highest BCUT2D eigenvalue weighted by molar-refractivity contribution is 5.81. The lowest BCUT2D eigenvalue weighted by Crippen LogP contribution is -2.21. The van der Waals surface area contributed by atoms with Crippen molar-refractivity contribution in [3.8, 4) is 0 Å². The van der Waals surface area contributed by atoms with Crippen LogP contribution in [0.15, 0.2) is 0 Å². The van der Waals surface area contributed by atoms with E-state index in [0.717, 1.165) is 0 Å². The van der Waals surface area contributed by atoms with Gasteiger partial charge in [0.05, 0.1) is 6.54 Å². The van der Waals surface area contributed by atoms with E-state index in [1.165, 1.54) is 4.90 Å². The molecule has 1 amide bonds. The first-order valence-corrected chi connectivity index (χ1v) is 4.00. The second-order valence-electron chi connectivity index (χ2n) is 2.88. The highest BCUT2D eigenvalue weighted by atomic mass is 16.2. The summed E-state index contributed by atoms with van der Waals surface area (Å²) >= 11 is 0. The van der Waals surface area contributed by atoms with Gasteiger partial charge in [-0.15, -0.1) is 0 Å². The zero-order valence-corrected chi connectivity index (χ0v) is 7.67. The van der Waals surface area contributed by atoms with Crippen molar-refractivity contribution in [3.63, 3.8) is 0 Å². The number of amides is 1. The van der Waals surface area contributed by atoms with Crippen LogP contribution in [0.1, 0.15) is 19.3 Å². The molecule has 0 aromatic rings. The summed E-state index contributed by atoms with van der Waals surface area (Å²) in [5.74, 6) is 0.0707. The lowest BCUT2D eigenvalue weighted by Gasteiger charge is -2.08. The molecule has 0 saturated carbocycles. The molecule has 2 N–H and O–H groups in total. The Balaban J connectivity index is 3.44. The number of nitrogens with two attached hydrogens (primary N) is 1. The van der Waals surface area contributed by atoms with E-state index < -0.39 is 0 Å². The van der Waals surface area contributed by atoms with Crippen LogP contribution >= 0.6 is 0 Å². The van der Waals surface area contributed by atoms with E-state index in [1.54, 1.807) is 14.1 Å². The number of ketones is 1. The predicted octanol–water partition coefficient (Wildman–Crippen LogP) is -0.227. The van der Waals surface area contributed by atoms with Crippen molar-refractivity contribution in [2.75, 3.05) is 20.6 Å². The summed E-state index contributed by atoms with van der Waals surface area (Å²) in [5, 5.41) is 0. The Hall–Kier alpha value is -0.900. The molecule has 0 fully saturated rings. The molecule has 0 spiro atoms. The van der Waals surface area contributed by atoms with Gasteiger partial charge in [-0.1, -0.05) is 0 Å². The Morgan fingerprint density at radius 1 is 1.25 bits per heavy atom. The first kappa shape index (κ1) is 11.1. The van der Waals surface area contributed by atoms with Gasteiger partial charge in [-0.05, 0) is 6.42 Å². The van der Waals surface area contributed by atoms with Crippen LogP contribution in [0.2, 0.25) is 0 Å². The molecular formula is C8H16N2O2. The van der Waals surface area contributed by atoms with Gasteiger partial charge in [-0.3, -0.25) is 9.59 Å². The molecule has 4 heteroatoms. The quantitative estimate of drug-likeness (QED) is 0.623. The van der Waals surface area contributed by atoms with Crippen molar-refractivity contribution in [2.45, 2.75) is 19.3 Å². The predicted molar refractivity (Wildman–Crippen MR) is 46.6 cm³/mol. The van der Waals surface area contributed by atoms with Crippen LogP contribution < -0.4 is 5.73 Å². The average molecular weight is 172 g/mol. The highest BCUT2D eigenvalue weighted by Crippen LogP contribution is 1.98. The van der Waals surface area contributed by atoms with Crippen molar-refractivity contribution in [1.29, 1.82) is 0 Å². The van der Waals surface area contributed by atoms with Crippen LogP contribution in [0.25, 0.3) is 0 Å². The third-order valence-corrected chi connectivity index (χ3v) is 1.57. The van der Waals surface area contributed by atoms with Gasteiger partial charge in [0, 0.05) is 26.9 Å². The number of carbonyl (C=O) groups is 2. The van der Waals surface area contributed by atoms with Gasteiger partial charge in [0.25, 0.3) is 0 Å². The maximum atomic E-state index is 11.0. The largest absolute Gasteiger partial charge is 0.349 e. The highest BCUT2D eigenvalue weighted by Gasteiger charge is 2.04. The summed E-state index contributed by atoms with van der Waals surface area (Å²) in [6.07, 6.45) is 1.45. The molecule has 70 valence electrons. The van der Waals surface area contributed by atoms with Crippen molar-refractivity contribution in [3.05, 3.63) is 0 Å². The Labute approximate surface area is 72.7 Å². The SMILES string of the molecule is CN(C)C(=O)CCCC(=O)CN. The zero-order chi connectivity index (χ0) is 9.56. The zero-order valence-electron chi connectivity index (χ0n) is 7.67. The maximum absolute atomic E-state index is 11.0. The van der Waals surface area contributed by atoms with Gasteiger partial charge in [-0.25, -0.2) is 0 Å². The first-order chi connectivity index (χ1) is 5.57. The molecule has 4 nitrogen and oxygen atoms in total. The lowest BCUT2D eigenvalue weighted by atomic mass is 10.1. The fraction of sp³-hybridized carbons (Fsp3) is 0.750. The third-order valence-electron chi connectivity index (χ3n) is 1.57. The van der Waals surface area contributed by atoms with Crippen LogP contribution in [0.4, 0.5) is 0 Å². The number of carbonyl (C=O) groups excluding carboxylic acids is 2. The Bertz CT molecular complexity index is 166. The van der Waals surface area contributed by atoms with Gasteiger partial charge in [0.15, 0.2) is 0 Å². The van der Waals surface area contributed by atoms with Gasteiger partial charge >= 0.3 is 0 Å². The summed E-state index contributed by atoms with van der Waals surface area (Å²) in [6.45, 7) is 0.0795. The van der Waals surface area contributed by atoms with E-state index in [-0.39, 0.29) is 18.2 Å². The second kappa shape index (κ2) is 5.71. The molecular weight excluding hydrogens is 156 g/mol. The minimum absolute atomic E-state index is 0.0153. The van der Waals surface area contributed by atoms with Crippen LogP contribution in [-0.2, 0) is 9.59 Å². The van der Waals surface area contributed by atoms with Crippen molar-refractivity contribution in [2.24, 2.45) is 5.73 Å². The topological polar surface area (TPSA) is 63.4 Å². The fourth-order valence-corrected chi connectivity index (χ4v) is 0.762. The van der Waals surface area contributed by atoms with Crippen molar-refractivity contribution in [1.82, 2.24) is 4.90 Å². The molecule has 0 bridgehead atoms. The van der Waals surface area contributed by atoms with Crippen LogP contribution in [-0.4, -0.2) is 37.2 Å². The maximum Gasteiger partial charge on any atom is 0.222 e. The standard InChI is InChI=1S/C8H16N2O2/c1-10(2)8(12)5-3-4-7(11)6-9/h3-6,9H2,1-2H3. The molecule has 0 aliphatic heterocycles. The Morgan fingerprint density at radius 2 is 1.83 bits per heavy atom. The van der Waals surface area contributed by atoms with Crippen LogP contribution in [0, 0.1) is 0 Å². The number of Topliss-reactive ketones (excluding diaryl/α,β-unsaturated/α-hetero) is 1. The fourth-order valence-electron chi connectivity index (χ4n) is 0.762. The summed E-state index contributed by atoms with van der Waals surface area (Å²) in [7, 11) is 3.40. The van der Waals surface area contributed by atoms with E-state index in [2.05, 4.69) is 0 Å². The first-order valence-electron chi connectivity index (χ1n) is 4.00. The average Bonchev–Trinajstić information content (AvgIpc) is 2.03. The van der Waals surface area contributed by atoms with E-state index in [4.69, 9.17) is 5.73 Å². The molecule has 0 aliphatic rings. The summed E-state index contributed by atoms with van der Waals surface area (Å²) in [6, 6.07) is 0. The van der Waals surface area contributed by atoms with E-state index in [9.17, 15) is 9.59 Å². The molecule has 0 aromatic heterocycles. The van der Waals surface area contributed by atoms with Gasteiger partial charge in [0.1, 0.15) is 5.78 Å². The molecule has 0 aliphatic carbocycles. The van der Waals surface area contributed by atoms with E-state index in [1.807, 2.05) is 0 Å². The number of nitrogens with zero attached hydrogens (tertiary/aromatic N) is 1. The Kier molecular flexibility index (Phi) is 5.28. The molecule has 12 heavy (non-hydrogen) atoms. The Morgan fingerprint density at radius 3 is 2.25 bits per heavy atom. The molecule has 0 radical (unpaired) electrons. The minimum atomic E-state index is 0.0153.